The molecule has 0 saturated carbocycles. The van der Waals surface area contributed by atoms with Crippen LogP contribution in [0.15, 0.2) is 41.3 Å². The molecule has 0 aromatic heterocycles. The predicted octanol–water partition coefficient (Wildman–Crippen LogP) is 3.25. The van der Waals surface area contributed by atoms with Gasteiger partial charge in [0.25, 0.3) is 0 Å². The van der Waals surface area contributed by atoms with Crippen LogP contribution in [0.25, 0.3) is 0 Å². The van der Waals surface area contributed by atoms with Gasteiger partial charge in [-0.1, -0.05) is 12.1 Å². The van der Waals surface area contributed by atoms with Crippen molar-refractivity contribution in [3.63, 3.8) is 0 Å². The summed E-state index contributed by atoms with van der Waals surface area (Å²) in [6, 6.07) is 8.92. The number of nitrogens with one attached hydrogen (secondary N) is 1. The number of aryl methyl sites for hydroxylation is 1. The first-order chi connectivity index (χ1) is 11.7. The van der Waals surface area contributed by atoms with Gasteiger partial charge in [0.15, 0.2) is 9.84 Å². The number of ether oxygens (including phenoxy) is 1. The van der Waals surface area contributed by atoms with E-state index in [2.05, 4.69) is 5.32 Å². The van der Waals surface area contributed by atoms with Crippen LogP contribution in [0.4, 0.5) is 10.1 Å². The highest BCUT2D eigenvalue weighted by Gasteiger charge is 2.13. The lowest BCUT2D eigenvalue weighted by atomic mass is 10.1. The Morgan fingerprint density at radius 1 is 1.20 bits per heavy atom. The highest BCUT2D eigenvalue weighted by atomic mass is 32.2. The minimum absolute atomic E-state index is 0.00985. The predicted molar refractivity (Wildman–Crippen MR) is 94.2 cm³/mol. The molecular formula is C18H20FNO4S. The maximum atomic E-state index is 13.8. The Balaban J connectivity index is 1.98. The van der Waals surface area contributed by atoms with Crippen LogP contribution in [0.5, 0.6) is 5.75 Å². The van der Waals surface area contributed by atoms with Gasteiger partial charge in [-0.25, -0.2) is 12.8 Å². The normalized spacial score (nSPS) is 11.2. The number of halogens is 1. The summed E-state index contributed by atoms with van der Waals surface area (Å²) in [6.45, 7) is 4.02. The molecule has 2 aromatic carbocycles. The largest absolute Gasteiger partial charge is 0.493 e. The first kappa shape index (κ1) is 18.9. The molecular weight excluding hydrogens is 345 g/mol. The fourth-order valence-electron chi connectivity index (χ4n) is 2.18. The molecule has 0 bridgehead atoms. The quantitative estimate of drug-likeness (QED) is 0.798. The number of carbonyl (C=O) groups excluding carboxylic acids is 1. The van der Waals surface area contributed by atoms with Crippen LogP contribution in [0, 0.1) is 19.7 Å². The van der Waals surface area contributed by atoms with Crippen LogP contribution in [-0.4, -0.2) is 27.2 Å². The van der Waals surface area contributed by atoms with Crippen molar-refractivity contribution in [3.05, 3.63) is 53.3 Å². The van der Waals surface area contributed by atoms with Crippen LogP contribution < -0.4 is 10.1 Å². The minimum atomic E-state index is -3.48. The van der Waals surface area contributed by atoms with Crippen molar-refractivity contribution in [1.29, 1.82) is 0 Å². The van der Waals surface area contributed by atoms with Crippen molar-refractivity contribution in [2.75, 3.05) is 18.2 Å². The van der Waals surface area contributed by atoms with Gasteiger partial charge in [-0.15, -0.1) is 0 Å². The van der Waals surface area contributed by atoms with Crippen LogP contribution in [0.1, 0.15) is 17.5 Å². The maximum Gasteiger partial charge on any atom is 0.227 e. The molecule has 0 unspecified atom stereocenters. The smallest absolute Gasteiger partial charge is 0.227 e. The SMILES string of the molecule is Cc1cccc(OCCC(=O)Nc2cc(S(C)(=O)=O)ccc2F)c1C. The van der Waals surface area contributed by atoms with Crippen LogP contribution in [0.3, 0.4) is 0 Å². The van der Waals surface area contributed by atoms with Crippen molar-refractivity contribution >= 4 is 21.4 Å². The monoisotopic (exact) mass is 365 g/mol. The van der Waals surface area contributed by atoms with E-state index in [0.717, 1.165) is 35.6 Å². The minimum Gasteiger partial charge on any atom is -0.493 e. The van der Waals surface area contributed by atoms with E-state index in [-0.39, 0.29) is 23.6 Å². The van der Waals surface area contributed by atoms with Crippen molar-refractivity contribution in [1.82, 2.24) is 0 Å². The zero-order valence-electron chi connectivity index (χ0n) is 14.3. The Labute approximate surface area is 146 Å². The van der Waals surface area contributed by atoms with Gasteiger partial charge in [0.2, 0.25) is 5.91 Å². The number of benzene rings is 2. The van der Waals surface area contributed by atoms with Gasteiger partial charge in [0.05, 0.1) is 23.6 Å². The van der Waals surface area contributed by atoms with Crippen molar-refractivity contribution in [2.24, 2.45) is 0 Å². The molecule has 0 heterocycles. The summed E-state index contributed by atoms with van der Waals surface area (Å²) in [5.41, 5.74) is 1.91. The van der Waals surface area contributed by atoms with Crippen LogP contribution in [-0.2, 0) is 14.6 Å². The van der Waals surface area contributed by atoms with Crippen molar-refractivity contribution in [3.8, 4) is 5.75 Å². The standard InChI is InChI=1S/C18H20FNO4S/c1-12-5-4-6-17(13(12)2)24-10-9-18(21)20-16-11-14(25(3,22)23)7-8-15(16)19/h4-8,11H,9-10H2,1-3H3,(H,20,21). The maximum absolute atomic E-state index is 13.8. The average Bonchev–Trinajstić information content (AvgIpc) is 2.52. The number of amides is 1. The summed E-state index contributed by atoms with van der Waals surface area (Å²) in [6.07, 6.45) is 1.03. The molecule has 25 heavy (non-hydrogen) atoms. The number of hydrogen-bond acceptors (Lipinski definition) is 4. The Morgan fingerprint density at radius 3 is 2.60 bits per heavy atom. The molecule has 134 valence electrons. The molecule has 0 aliphatic rings. The van der Waals surface area contributed by atoms with Crippen LogP contribution in [0.2, 0.25) is 0 Å². The molecule has 7 heteroatoms. The van der Waals surface area contributed by atoms with Crippen molar-refractivity contribution in [2.45, 2.75) is 25.2 Å². The highest BCUT2D eigenvalue weighted by molar-refractivity contribution is 7.90. The summed E-state index contributed by atoms with van der Waals surface area (Å²) in [4.78, 5) is 11.9. The summed E-state index contributed by atoms with van der Waals surface area (Å²) in [5.74, 6) is -0.468. The van der Waals surface area contributed by atoms with E-state index in [4.69, 9.17) is 4.74 Å². The number of hydrogen-bond donors (Lipinski definition) is 1. The fraction of sp³-hybridized carbons (Fsp3) is 0.278. The number of rotatable bonds is 6. The molecule has 0 saturated heterocycles. The first-order valence-corrected chi connectivity index (χ1v) is 9.56. The summed E-state index contributed by atoms with van der Waals surface area (Å²) in [5, 5.41) is 2.38. The second kappa shape index (κ2) is 7.65. The Kier molecular flexibility index (Phi) is 5.79. The third kappa shape index (κ3) is 5.03. The van der Waals surface area contributed by atoms with Gasteiger partial charge < -0.3 is 10.1 Å². The first-order valence-electron chi connectivity index (χ1n) is 7.67. The summed E-state index contributed by atoms with van der Waals surface area (Å²) in [7, 11) is -3.48. The van der Waals surface area contributed by atoms with E-state index in [1.54, 1.807) is 0 Å². The zero-order chi connectivity index (χ0) is 18.6. The molecule has 1 N–H and O–H groups in total. The number of anilines is 1. The molecule has 2 aromatic rings. The third-order valence-corrected chi connectivity index (χ3v) is 4.89. The molecule has 0 radical (unpaired) electrons. The fourth-order valence-corrected chi connectivity index (χ4v) is 2.82. The molecule has 0 atom stereocenters. The third-order valence-electron chi connectivity index (χ3n) is 3.78. The Bertz CT molecular complexity index is 894. The van der Waals surface area contributed by atoms with E-state index >= 15 is 0 Å². The van der Waals surface area contributed by atoms with Gasteiger partial charge in [-0.3, -0.25) is 4.79 Å². The lowest BCUT2D eigenvalue weighted by molar-refractivity contribution is -0.116. The van der Waals surface area contributed by atoms with Gasteiger partial charge in [0.1, 0.15) is 11.6 Å². The highest BCUT2D eigenvalue weighted by Crippen LogP contribution is 2.21. The second-order valence-electron chi connectivity index (χ2n) is 5.76. The molecule has 5 nitrogen and oxygen atoms in total. The summed E-state index contributed by atoms with van der Waals surface area (Å²) >= 11 is 0. The number of carbonyl (C=O) groups is 1. The van der Waals surface area contributed by atoms with Gasteiger partial charge in [-0.2, -0.15) is 0 Å². The van der Waals surface area contributed by atoms with E-state index in [1.165, 1.54) is 0 Å². The molecule has 0 fully saturated rings. The van der Waals surface area contributed by atoms with E-state index < -0.39 is 21.6 Å². The Morgan fingerprint density at radius 2 is 1.92 bits per heavy atom. The van der Waals surface area contributed by atoms with Gasteiger partial charge in [-0.05, 0) is 49.2 Å². The van der Waals surface area contributed by atoms with Gasteiger partial charge >= 0.3 is 0 Å². The average molecular weight is 365 g/mol. The second-order valence-corrected chi connectivity index (χ2v) is 7.77. The topological polar surface area (TPSA) is 72.5 Å². The zero-order valence-corrected chi connectivity index (χ0v) is 15.1. The van der Waals surface area contributed by atoms with Gasteiger partial charge in [0, 0.05) is 6.26 Å². The van der Waals surface area contributed by atoms with E-state index in [9.17, 15) is 17.6 Å². The van der Waals surface area contributed by atoms with Crippen molar-refractivity contribution < 1.29 is 22.3 Å². The van der Waals surface area contributed by atoms with Crippen LogP contribution >= 0.6 is 0 Å². The Hall–Kier alpha value is -2.41. The molecule has 1 amide bonds. The molecule has 0 spiro atoms. The summed E-state index contributed by atoms with van der Waals surface area (Å²) < 4.78 is 42.4. The van der Waals surface area contributed by atoms with E-state index in [0.29, 0.717) is 5.75 Å². The molecule has 2 rings (SSSR count). The lowest BCUT2D eigenvalue weighted by Crippen LogP contribution is -2.16. The van der Waals surface area contributed by atoms with E-state index in [1.807, 2.05) is 32.0 Å². The molecule has 0 aliphatic carbocycles. The lowest BCUT2D eigenvalue weighted by Gasteiger charge is -2.11. The molecule has 0 aliphatic heterocycles. The number of sulfone groups is 1.